The number of fused-ring (bicyclic) bond motifs is 3. The van der Waals surface area contributed by atoms with E-state index in [9.17, 15) is 0 Å². The maximum Gasteiger partial charge on any atom is 0.0384 e. The molecule has 1 saturated heterocycles. The van der Waals surface area contributed by atoms with Crippen molar-refractivity contribution in [2.24, 2.45) is 0 Å². The second-order valence-electron chi connectivity index (χ2n) is 7.39. The molecule has 5 rings (SSSR count). The summed E-state index contributed by atoms with van der Waals surface area (Å²) in [7, 11) is 0. The van der Waals surface area contributed by atoms with Crippen LogP contribution in [0.15, 0.2) is 72.8 Å². The quantitative estimate of drug-likeness (QED) is 0.663. The van der Waals surface area contributed by atoms with Crippen molar-refractivity contribution in [2.45, 2.75) is 24.8 Å². The molecule has 2 heterocycles. The summed E-state index contributed by atoms with van der Waals surface area (Å²) in [5, 5.41) is 7.34. The van der Waals surface area contributed by atoms with Crippen molar-refractivity contribution in [1.82, 2.24) is 5.32 Å². The second-order valence-corrected chi connectivity index (χ2v) is 7.39. The molecule has 2 aliphatic rings. The highest BCUT2D eigenvalue weighted by Gasteiger charge is 2.34. The van der Waals surface area contributed by atoms with Gasteiger partial charge in [0.15, 0.2) is 0 Å². The fourth-order valence-corrected chi connectivity index (χ4v) is 4.58. The van der Waals surface area contributed by atoms with Crippen molar-refractivity contribution < 1.29 is 0 Å². The average Bonchev–Trinajstić information content (AvgIpc) is 2.90. The zero-order chi connectivity index (χ0) is 17.3. The highest BCUT2D eigenvalue weighted by atomic mass is 15.0. The Labute approximate surface area is 155 Å². The zero-order valence-corrected chi connectivity index (χ0v) is 14.9. The molecule has 0 bridgehead atoms. The minimum Gasteiger partial charge on any atom is -0.381 e. The van der Waals surface area contributed by atoms with Crippen LogP contribution in [0.3, 0.4) is 0 Å². The summed E-state index contributed by atoms with van der Waals surface area (Å²) >= 11 is 0. The van der Waals surface area contributed by atoms with E-state index in [2.05, 4.69) is 83.4 Å². The van der Waals surface area contributed by atoms with Gasteiger partial charge in [-0.3, -0.25) is 0 Å². The summed E-state index contributed by atoms with van der Waals surface area (Å²) in [6, 6.07) is 27.0. The van der Waals surface area contributed by atoms with Crippen molar-refractivity contribution in [3.05, 3.63) is 78.4 Å². The number of hydrogen-bond donors (Lipinski definition) is 2. The summed E-state index contributed by atoms with van der Waals surface area (Å²) in [5.74, 6) is 0.616. The van der Waals surface area contributed by atoms with Gasteiger partial charge in [0.1, 0.15) is 0 Å². The van der Waals surface area contributed by atoms with Crippen molar-refractivity contribution in [1.29, 1.82) is 0 Å². The van der Waals surface area contributed by atoms with E-state index < -0.39 is 0 Å². The molecule has 2 nitrogen and oxygen atoms in total. The predicted octanol–water partition coefficient (Wildman–Crippen LogP) is 5.28. The fraction of sp³-hybridized carbons (Fsp3) is 0.250. The molecule has 2 N–H and O–H groups in total. The highest BCUT2D eigenvalue weighted by Crippen LogP contribution is 2.45. The summed E-state index contributed by atoms with van der Waals surface area (Å²) in [5.41, 5.74) is 8.12. The molecule has 2 unspecified atom stereocenters. The standard InChI is InChI=1S/C24H24N2/c1-2-5-17(6-3-1)18-9-11-19(12-10-18)20-7-4-8-23-24(20)21-13-15-25-16-14-22(21)26-23/h1-12,21-22,25-26H,13-16H2. The van der Waals surface area contributed by atoms with Crippen LogP contribution in [-0.2, 0) is 0 Å². The molecule has 130 valence electrons. The maximum atomic E-state index is 3.78. The van der Waals surface area contributed by atoms with Crippen LogP contribution in [0.4, 0.5) is 5.69 Å². The molecule has 0 aromatic heterocycles. The Morgan fingerprint density at radius 2 is 1.38 bits per heavy atom. The van der Waals surface area contributed by atoms with Gasteiger partial charge in [-0.1, -0.05) is 66.7 Å². The Hall–Kier alpha value is -2.58. The van der Waals surface area contributed by atoms with Gasteiger partial charge in [-0.2, -0.15) is 0 Å². The van der Waals surface area contributed by atoms with E-state index >= 15 is 0 Å². The Balaban J connectivity index is 1.53. The van der Waals surface area contributed by atoms with E-state index in [4.69, 9.17) is 0 Å². The molecule has 3 aromatic carbocycles. The third kappa shape index (κ3) is 2.71. The van der Waals surface area contributed by atoms with Crippen LogP contribution in [0.25, 0.3) is 22.3 Å². The lowest BCUT2D eigenvalue weighted by atomic mass is 9.85. The molecular formula is C24H24N2. The van der Waals surface area contributed by atoms with Gasteiger partial charge in [0.05, 0.1) is 0 Å². The van der Waals surface area contributed by atoms with E-state index in [0.29, 0.717) is 12.0 Å². The summed E-state index contributed by atoms with van der Waals surface area (Å²) in [6.45, 7) is 2.23. The molecule has 3 aromatic rings. The predicted molar refractivity (Wildman–Crippen MR) is 110 cm³/mol. The monoisotopic (exact) mass is 340 g/mol. The molecule has 2 aliphatic heterocycles. The van der Waals surface area contributed by atoms with Gasteiger partial charge in [0.25, 0.3) is 0 Å². The SMILES string of the molecule is c1ccc(-c2ccc(-c3cccc4c3C3CCNCCC3N4)cc2)cc1. The second kappa shape index (κ2) is 6.62. The molecule has 2 atom stereocenters. The lowest BCUT2D eigenvalue weighted by Crippen LogP contribution is -2.21. The maximum absolute atomic E-state index is 3.78. The number of hydrogen-bond acceptors (Lipinski definition) is 2. The summed E-state index contributed by atoms with van der Waals surface area (Å²) in [6.07, 6.45) is 2.41. The largest absolute Gasteiger partial charge is 0.381 e. The minimum atomic E-state index is 0.574. The van der Waals surface area contributed by atoms with E-state index in [0.717, 1.165) is 13.1 Å². The molecule has 0 spiro atoms. The van der Waals surface area contributed by atoms with Crippen molar-refractivity contribution >= 4 is 5.69 Å². The van der Waals surface area contributed by atoms with Gasteiger partial charge in [0, 0.05) is 17.6 Å². The molecule has 0 radical (unpaired) electrons. The first kappa shape index (κ1) is 15.7. The van der Waals surface area contributed by atoms with Gasteiger partial charge >= 0.3 is 0 Å². The van der Waals surface area contributed by atoms with Crippen LogP contribution in [0.1, 0.15) is 24.3 Å². The molecule has 26 heavy (non-hydrogen) atoms. The van der Waals surface area contributed by atoms with Crippen LogP contribution in [-0.4, -0.2) is 19.1 Å². The smallest absolute Gasteiger partial charge is 0.0384 e. The molecule has 2 heteroatoms. The lowest BCUT2D eigenvalue weighted by Gasteiger charge is -2.18. The molecule has 0 amide bonds. The Morgan fingerprint density at radius 3 is 2.23 bits per heavy atom. The van der Waals surface area contributed by atoms with E-state index in [1.807, 2.05) is 0 Å². The number of nitrogens with one attached hydrogen (secondary N) is 2. The van der Waals surface area contributed by atoms with Crippen molar-refractivity contribution in [3.8, 4) is 22.3 Å². The Kier molecular flexibility index (Phi) is 3.99. The Morgan fingerprint density at radius 1 is 0.654 bits per heavy atom. The van der Waals surface area contributed by atoms with Gasteiger partial charge in [0.2, 0.25) is 0 Å². The molecular weight excluding hydrogens is 316 g/mol. The van der Waals surface area contributed by atoms with E-state index in [1.54, 1.807) is 0 Å². The number of rotatable bonds is 2. The van der Waals surface area contributed by atoms with Crippen LogP contribution in [0.5, 0.6) is 0 Å². The molecule has 0 aliphatic carbocycles. The van der Waals surface area contributed by atoms with Gasteiger partial charge < -0.3 is 10.6 Å². The summed E-state index contributed by atoms with van der Waals surface area (Å²) < 4.78 is 0. The van der Waals surface area contributed by atoms with Crippen LogP contribution >= 0.6 is 0 Å². The van der Waals surface area contributed by atoms with Crippen LogP contribution in [0, 0.1) is 0 Å². The van der Waals surface area contributed by atoms with E-state index in [1.165, 1.54) is 46.3 Å². The first-order valence-corrected chi connectivity index (χ1v) is 9.66. The third-order valence-corrected chi connectivity index (χ3v) is 5.87. The highest BCUT2D eigenvalue weighted by molar-refractivity contribution is 5.79. The third-order valence-electron chi connectivity index (χ3n) is 5.87. The van der Waals surface area contributed by atoms with Gasteiger partial charge in [-0.05, 0) is 59.8 Å². The average molecular weight is 340 g/mol. The first-order chi connectivity index (χ1) is 12.9. The normalized spacial score (nSPS) is 21.4. The van der Waals surface area contributed by atoms with Crippen molar-refractivity contribution in [2.75, 3.05) is 18.4 Å². The lowest BCUT2D eigenvalue weighted by molar-refractivity contribution is 0.579. The minimum absolute atomic E-state index is 0.574. The molecule has 0 saturated carbocycles. The first-order valence-electron chi connectivity index (χ1n) is 9.66. The Bertz CT molecular complexity index is 899. The number of anilines is 1. The topological polar surface area (TPSA) is 24.1 Å². The molecule has 1 fully saturated rings. The summed E-state index contributed by atoms with van der Waals surface area (Å²) in [4.78, 5) is 0. The van der Waals surface area contributed by atoms with Gasteiger partial charge in [-0.15, -0.1) is 0 Å². The fourth-order valence-electron chi connectivity index (χ4n) is 4.58. The van der Waals surface area contributed by atoms with Crippen LogP contribution in [0.2, 0.25) is 0 Å². The van der Waals surface area contributed by atoms with Crippen LogP contribution < -0.4 is 10.6 Å². The zero-order valence-electron chi connectivity index (χ0n) is 14.9. The number of benzene rings is 3. The van der Waals surface area contributed by atoms with Gasteiger partial charge in [-0.25, -0.2) is 0 Å². The van der Waals surface area contributed by atoms with Crippen molar-refractivity contribution in [3.63, 3.8) is 0 Å². The van der Waals surface area contributed by atoms with E-state index in [-0.39, 0.29) is 0 Å².